The maximum Gasteiger partial charge on any atom is 0.200 e. The average Bonchev–Trinajstić information content (AvgIpc) is 2.66. The summed E-state index contributed by atoms with van der Waals surface area (Å²) in [5.74, 6) is 1.57. The second-order valence-corrected chi connectivity index (χ2v) is 6.84. The van der Waals surface area contributed by atoms with Crippen molar-refractivity contribution in [1.82, 2.24) is 0 Å². The van der Waals surface area contributed by atoms with E-state index in [1.165, 1.54) is 11.1 Å². The van der Waals surface area contributed by atoms with Crippen LogP contribution in [0.5, 0.6) is 0 Å². The SMILES string of the molecule is CCC(C)c1cccc(N=C(N)N(C)c2cccc(C(C)CC)c2)c1. The molecule has 0 saturated carbocycles. The molecular formula is C22H31N3. The van der Waals surface area contributed by atoms with Crippen molar-refractivity contribution >= 4 is 17.3 Å². The minimum Gasteiger partial charge on any atom is -0.369 e. The molecular weight excluding hydrogens is 306 g/mol. The molecule has 25 heavy (non-hydrogen) atoms. The molecule has 2 N–H and O–H groups in total. The van der Waals surface area contributed by atoms with Crippen molar-refractivity contribution in [3.05, 3.63) is 59.7 Å². The first-order valence-corrected chi connectivity index (χ1v) is 9.24. The van der Waals surface area contributed by atoms with Crippen LogP contribution < -0.4 is 10.6 Å². The van der Waals surface area contributed by atoms with Gasteiger partial charge in [-0.1, -0.05) is 52.0 Å². The summed E-state index contributed by atoms with van der Waals surface area (Å²) in [6.07, 6.45) is 2.24. The Kier molecular flexibility index (Phi) is 6.63. The summed E-state index contributed by atoms with van der Waals surface area (Å²) >= 11 is 0. The van der Waals surface area contributed by atoms with Gasteiger partial charge in [-0.25, -0.2) is 4.99 Å². The molecule has 0 aromatic heterocycles. The number of nitrogens with two attached hydrogens (primary N) is 1. The van der Waals surface area contributed by atoms with E-state index in [4.69, 9.17) is 5.73 Å². The van der Waals surface area contributed by atoms with Crippen molar-refractivity contribution in [3.8, 4) is 0 Å². The van der Waals surface area contributed by atoms with Gasteiger partial charge in [0.25, 0.3) is 0 Å². The van der Waals surface area contributed by atoms with E-state index in [0.717, 1.165) is 24.2 Å². The topological polar surface area (TPSA) is 41.6 Å². The predicted molar refractivity (Wildman–Crippen MR) is 110 cm³/mol. The fourth-order valence-electron chi connectivity index (χ4n) is 2.75. The Bertz CT molecular complexity index is 721. The van der Waals surface area contributed by atoms with Crippen LogP contribution >= 0.6 is 0 Å². The van der Waals surface area contributed by atoms with Gasteiger partial charge in [0.1, 0.15) is 0 Å². The number of nitrogens with zero attached hydrogens (tertiary/aromatic N) is 2. The molecule has 0 bridgehead atoms. The van der Waals surface area contributed by atoms with Crippen molar-refractivity contribution in [2.75, 3.05) is 11.9 Å². The van der Waals surface area contributed by atoms with Crippen LogP contribution in [-0.4, -0.2) is 13.0 Å². The maximum atomic E-state index is 6.27. The van der Waals surface area contributed by atoms with Crippen molar-refractivity contribution in [1.29, 1.82) is 0 Å². The second-order valence-electron chi connectivity index (χ2n) is 6.84. The third kappa shape index (κ3) is 4.85. The Morgan fingerprint density at radius 2 is 1.52 bits per heavy atom. The zero-order valence-electron chi connectivity index (χ0n) is 16.2. The summed E-state index contributed by atoms with van der Waals surface area (Å²) in [4.78, 5) is 6.57. The summed E-state index contributed by atoms with van der Waals surface area (Å²) in [6, 6.07) is 16.9. The number of rotatable bonds is 6. The molecule has 2 atom stereocenters. The van der Waals surface area contributed by atoms with E-state index in [1.807, 2.05) is 18.0 Å². The fraction of sp³-hybridized carbons (Fsp3) is 0.409. The van der Waals surface area contributed by atoms with Gasteiger partial charge in [0.2, 0.25) is 5.96 Å². The Morgan fingerprint density at radius 1 is 0.960 bits per heavy atom. The summed E-state index contributed by atoms with van der Waals surface area (Å²) in [6.45, 7) is 8.89. The highest BCUT2D eigenvalue weighted by Gasteiger charge is 2.09. The largest absolute Gasteiger partial charge is 0.369 e. The van der Waals surface area contributed by atoms with Crippen molar-refractivity contribution in [2.45, 2.75) is 52.4 Å². The molecule has 0 aliphatic rings. The van der Waals surface area contributed by atoms with Crippen molar-refractivity contribution in [2.24, 2.45) is 10.7 Å². The van der Waals surface area contributed by atoms with Crippen molar-refractivity contribution < 1.29 is 0 Å². The molecule has 0 aliphatic heterocycles. The van der Waals surface area contributed by atoms with Crippen LogP contribution in [0.15, 0.2) is 53.5 Å². The van der Waals surface area contributed by atoms with E-state index < -0.39 is 0 Å². The first-order valence-electron chi connectivity index (χ1n) is 9.24. The molecule has 134 valence electrons. The lowest BCUT2D eigenvalue weighted by atomic mass is 9.98. The Morgan fingerprint density at radius 3 is 2.12 bits per heavy atom. The molecule has 0 spiro atoms. The molecule has 2 aromatic rings. The number of benzene rings is 2. The zero-order valence-corrected chi connectivity index (χ0v) is 16.2. The van der Waals surface area contributed by atoms with Crippen molar-refractivity contribution in [3.63, 3.8) is 0 Å². The molecule has 0 fully saturated rings. The highest BCUT2D eigenvalue weighted by Crippen LogP contribution is 2.25. The van der Waals surface area contributed by atoms with E-state index in [-0.39, 0.29) is 0 Å². The van der Waals surface area contributed by atoms with Gasteiger partial charge in [0, 0.05) is 12.7 Å². The van der Waals surface area contributed by atoms with Gasteiger partial charge in [-0.15, -0.1) is 0 Å². The van der Waals surface area contributed by atoms with Gasteiger partial charge >= 0.3 is 0 Å². The van der Waals surface area contributed by atoms with Crippen LogP contribution in [0, 0.1) is 0 Å². The summed E-state index contributed by atoms with van der Waals surface area (Å²) in [7, 11) is 1.97. The minimum absolute atomic E-state index is 0.502. The van der Waals surface area contributed by atoms with Crippen LogP contribution in [0.2, 0.25) is 0 Å². The number of hydrogen-bond acceptors (Lipinski definition) is 1. The highest BCUT2D eigenvalue weighted by atomic mass is 15.2. The fourth-order valence-corrected chi connectivity index (χ4v) is 2.75. The third-order valence-electron chi connectivity index (χ3n) is 5.08. The molecule has 0 radical (unpaired) electrons. The lowest BCUT2D eigenvalue weighted by Gasteiger charge is -2.20. The standard InChI is InChI=1S/C22H31N3/c1-6-16(3)18-10-8-12-20(14-18)24-22(23)25(5)21-13-9-11-19(15-21)17(4)7-2/h8-17H,6-7H2,1-5H3,(H2,23,24). The van der Waals surface area contributed by atoms with Gasteiger partial charge in [0.05, 0.1) is 5.69 Å². The minimum atomic E-state index is 0.502. The number of guanidine groups is 1. The third-order valence-corrected chi connectivity index (χ3v) is 5.08. The summed E-state index contributed by atoms with van der Waals surface area (Å²) < 4.78 is 0. The van der Waals surface area contributed by atoms with Crippen LogP contribution in [-0.2, 0) is 0 Å². The van der Waals surface area contributed by atoms with Crippen LogP contribution in [0.1, 0.15) is 63.5 Å². The van der Waals surface area contributed by atoms with Gasteiger partial charge < -0.3 is 10.6 Å². The lowest BCUT2D eigenvalue weighted by molar-refractivity contribution is 0.733. The van der Waals surface area contributed by atoms with E-state index in [9.17, 15) is 0 Å². The van der Waals surface area contributed by atoms with Crippen LogP contribution in [0.25, 0.3) is 0 Å². The van der Waals surface area contributed by atoms with Gasteiger partial charge in [-0.3, -0.25) is 0 Å². The van der Waals surface area contributed by atoms with Gasteiger partial charge in [-0.2, -0.15) is 0 Å². The molecule has 0 heterocycles. The Hall–Kier alpha value is -2.29. The van der Waals surface area contributed by atoms with E-state index in [2.05, 4.69) is 75.2 Å². The predicted octanol–water partition coefficient (Wildman–Crippen LogP) is 5.80. The van der Waals surface area contributed by atoms with Gasteiger partial charge in [0.15, 0.2) is 0 Å². The van der Waals surface area contributed by atoms with Gasteiger partial charge in [-0.05, 0) is 60.1 Å². The number of anilines is 1. The summed E-state index contributed by atoms with van der Waals surface area (Å²) in [5.41, 5.74) is 10.9. The van der Waals surface area contributed by atoms with E-state index in [0.29, 0.717) is 17.8 Å². The molecule has 2 rings (SSSR count). The smallest absolute Gasteiger partial charge is 0.200 e. The molecule has 0 amide bonds. The Balaban J connectivity index is 2.25. The number of aliphatic imine (C=N–C) groups is 1. The molecule has 2 unspecified atom stereocenters. The molecule has 0 aliphatic carbocycles. The lowest BCUT2D eigenvalue weighted by Crippen LogP contribution is -2.33. The average molecular weight is 338 g/mol. The molecule has 3 nitrogen and oxygen atoms in total. The normalized spacial score (nSPS) is 14.2. The highest BCUT2D eigenvalue weighted by molar-refractivity contribution is 5.96. The Labute approximate surface area is 152 Å². The first-order chi connectivity index (χ1) is 12.0. The monoisotopic (exact) mass is 337 g/mol. The van der Waals surface area contributed by atoms with Crippen LogP contribution in [0.3, 0.4) is 0 Å². The quantitative estimate of drug-likeness (QED) is 0.535. The van der Waals surface area contributed by atoms with Crippen LogP contribution in [0.4, 0.5) is 11.4 Å². The second kappa shape index (κ2) is 8.70. The summed E-state index contributed by atoms with van der Waals surface area (Å²) in [5, 5.41) is 0. The van der Waals surface area contributed by atoms with E-state index in [1.54, 1.807) is 0 Å². The molecule has 0 saturated heterocycles. The van der Waals surface area contributed by atoms with E-state index >= 15 is 0 Å². The first kappa shape index (κ1) is 19.0. The molecule has 2 aromatic carbocycles. The maximum absolute atomic E-state index is 6.27. The number of hydrogen-bond donors (Lipinski definition) is 1. The zero-order chi connectivity index (χ0) is 18.4. The molecule has 3 heteroatoms.